The number of hydrogen-bond donors (Lipinski definition) is 0. The summed E-state index contributed by atoms with van der Waals surface area (Å²) < 4.78 is 0. The van der Waals surface area contributed by atoms with Gasteiger partial charge in [0.05, 0.1) is 0 Å². The van der Waals surface area contributed by atoms with E-state index >= 15 is 0 Å². The van der Waals surface area contributed by atoms with Crippen LogP contribution in [-0.2, 0) is 21.7 Å². The van der Waals surface area contributed by atoms with Crippen molar-refractivity contribution in [3.8, 4) is 33.4 Å². The molecular formula is C53H55N. The van der Waals surface area contributed by atoms with E-state index in [-0.39, 0.29) is 21.7 Å². The fourth-order valence-electron chi connectivity index (χ4n) is 10.2. The molecule has 3 aliphatic carbocycles. The third-order valence-corrected chi connectivity index (χ3v) is 13.1. The Labute approximate surface area is 324 Å². The van der Waals surface area contributed by atoms with Crippen molar-refractivity contribution in [2.75, 3.05) is 4.90 Å². The van der Waals surface area contributed by atoms with Gasteiger partial charge in [-0.05, 0) is 127 Å². The molecule has 9 rings (SSSR count). The Morgan fingerprint density at radius 3 is 1.69 bits per heavy atom. The van der Waals surface area contributed by atoms with Crippen LogP contribution in [-0.4, -0.2) is 0 Å². The lowest BCUT2D eigenvalue weighted by Crippen LogP contribution is -2.28. The van der Waals surface area contributed by atoms with Crippen molar-refractivity contribution in [3.63, 3.8) is 0 Å². The van der Waals surface area contributed by atoms with E-state index in [1.54, 1.807) is 0 Å². The highest BCUT2D eigenvalue weighted by Gasteiger charge is 2.44. The average Bonchev–Trinajstić information content (AvgIpc) is 3.56. The summed E-state index contributed by atoms with van der Waals surface area (Å²) in [5.41, 5.74) is 20.4. The zero-order chi connectivity index (χ0) is 37.6. The number of anilines is 3. The van der Waals surface area contributed by atoms with Gasteiger partial charge in [-0.25, -0.2) is 0 Å². The van der Waals surface area contributed by atoms with Crippen LogP contribution >= 0.6 is 0 Å². The molecular weight excluding hydrogens is 651 g/mol. The summed E-state index contributed by atoms with van der Waals surface area (Å²) in [7, 11) is 0. The minimum atomic E-state index is -0.0931. The number of nitrogens with zero attached hydrogens (tertiary/aromatic N) is 1. The van der Waals surface area contributed by atoms with Gasteiger partial charge in [0.25, 0.3) is 0 Å². The van der Waals surface area contributed by atoms with Crippen LogP contribution in [0, 0.1) is 0 Å². The summed E-state index contributed by atoms with van der Waals surface area (Å²) in [6.45, 7) is 18.9. The van der Waals surface area contributed by atoms with E-state index in [1.807, 2.05) is 0 Å². The lowest BCUT2D eigenvalue weighted by molar-refractivity contribution is 0.353. The van der Waals surface area contributed by atoms with Crippen LogP contribution in [0.3, 0.4) is 0 Å². The zero-order valence-electron chi connectivity index (χ0n) is 33.6. The smallest absolute Gasteiger partial charge is 0.0467 e. The third-order valence-electron chi connectivity index (χ3n) is 13.1. The molecule has 0 aliphatic heterocycles. The van der Waals surface area contributed by atoms with Crippen LogP contribution in [0.15, 0.2) is 127 Å². The topological polar surface area (TPSA) is 3.24 Å². The van der Waals surface area contributed by atoms with E-state index in [0.717, 1.165) is 0 Å². The van der Waals surface area contributed by atoms with Gasteiger partial charge in [0.15, 0.2) is 0 Å². The normalized spacial score (nSPS) is 16.4. The van der Waals surface area contributed by atoms with Crippen LogP contribution in [0.2, 0.25) is 0 Å². The molecule has 1 saturated carbocycles. The average molecular weight is 706 g/mol. The molecule has 54 heavy (non-hydrogen) atoms. The molecule has 0 saturated heterocycles. The Kier molecular flexibility index (Phi) is 7.95. The lowest BCUT2D eigenvalue weighted by Gasteiger charge is -2.37. The Balaban J connectivity index is 1.27. The monoisotopic (exact) mass is 705 g/mol. The van der Waals surface area contributed by atoms with Gasteiger partial charge < -0.3 is 4.90 Å². The second-order valence-electron chi connectivity index (χ2n) is 19.0. The van der Waals surface area contributed by atoms with E-state index < -0.39 is 0 Å². The van der Waals surface area contributed by atoms with E-state index in [1.165, 1.54) is 116 Å². The predicted molar refractivity (Wildman–Crippen MR) is 231 cm³/mol. The maximum atomic E-state index is 2.58. The molecule has 272 valence electrons. The van der Waals surface area contributed by atoms with E-state index in [9.17, 15) is 0 Å². The summed E-state index contributed by atoms with van der Waals surface area (Å²) >= 11 is 0. The molecule has 1 spiro atoms. The van der Waals surface area contributed by atoms with Crippen LogP contribution in [0.25, 0.3) is 33.4 Å². The van der Waals surface area contributed by atoms with Crippen LogP contribution in [0.5, 0.6) is 0 Å². The van der Waals surface area contributed by atoms with Gasteiger partial charge in [0.1, 0.15) is 0 Å². The predicted octanol–water partition coefficient (Wildman–Crippen LogP) is 15.0. The Morgan fingerprint density at radius 1 is 0.444 bits per heavy atom. The first-order valence-corrected chi connectivity index (χ1v) is 20.3. The zero-order valence-corrected chi connectivity index (χ0v) is 33.6. The fraction of sp³-hybridized carbons (Fsp3) is 0.321. The standard InChI is InChI=1S/C53H55N/c1-50(2,3)36-31-37(51(4,5)6)33-40(32-36)54(39-26-27-44-42-20-11-13-25-47(42)53(48(44)34-39)28-14-9-15-29-53)38-19-16-18-35(30-38)41-22-17-23-45-43-21-10-12-24-46(43)52(7,8)49(41)45/h10-13,16-27,30-34H,9,14-15,28-29H2,1-8H3. The minimum absolute atomic E-state index is 0.000441. The van der Waals surface area contributed by atoms with Crippen molar-refractivity contribution in [2.45, 2.75) is 109 Å². The molecule has 0 atom stereocenters. The van der Waals surface area contributed by atoms with E-state index in [0.29, 0.717) is 0 Å². The fourth-order valence-corrected chi connectivity index (χ4v) is 10.2. The van der Waals surface area contributed by atoms with E-state index in [2.05, 4.69) is 188 Å². The molecule has 3 aliphatic rings. The summed E-state index contributed by atoms with van der Waals surface area (Å²) in [5.74, 6) is 0. The number of rotatable bonds is 4. The Bertz CT molecular complexity index is 2390. The second kappa shape index (κ2) is 12.3. The number of benzene rings is 6. The summed E-state index contributed by atoms with van der Waals surface area (Å²) in [6, 6.07) is 49.3. The van der Waals surface area contributed by atoms with Gasteiger partial charge in [-0.1, -0.05) is 166 Å². The van der Waals surface area contributed by atoms with Crippen molar-refractivity contribution in [1.29, 1.82) is 0 Å². The van der Waals surface area contributed by atoms with Crippen LogP contribution in [0.4, 0.5) is 17.1 Å². The third kappa shape index (κ3) is 5.41. The highest BCUT2D eigenvalue weighted by molar-refractivity contribution is 5.90. The van der Waals surface area contributed by atoms with Crippen molar-refractivity contribution >= 4 is 17.1 Å². The van der Waals surface area contributed by atoms with Crippen molar-refractivity contribution < 1.29 is 0 Å². The van der Waals surface area contributed by atoms with Gasteiger partial charge in [-0.2, -0.15) is 0 Å². The molecule has 1 nitrogen and oxygen atoms in total. The first kappa shape index (κ1) is 34.9. The van der Waals surface area contributed by atoms with Gasteiger partial charge >= 0.3 is 0 Å². The Morgan fingerprint density at radius 2 is 1.00 bits per heavy atom. The summed E-state index contributed by atoms with van der Waals surface area (Å²) in [5, 5.41) is 0. The minimum Gasteiger partial charge on any atom is -0.310 e. The van der Waals surface area contributed by atoms with Gasteiger partial charge in [-0.3, -0.25) is 0 Å². The molecule has 0 bridgehead atoms. The molecule has 0 radical (unpaired) electrons. The number of fused-ring (bicyclic) bond motifs is 8. The maximum absolute atomic E-state index is 2.58. The molecule has 6 aromatic rings. The van der Waals surface area contributed by atoms with Gasteiger partial charge in [0, 0.05) is 27.9 Å². The lowest BCUT2D eigenvalue weighted by atomic mass is 9.68. The molecule has 0 aromatic heterocycles. The quantitative estimate of drug-likeness (QED) is 0.176. The molecule has 0 N–H and O–H groups in total. The first-order valence-electron chi connectivity index (χ1n) is 20.3. The molecule has 0 amide bonds. The van der Waals surface area contributed by atoms with Crippen molar-refractivity contribution in [2.24, 2.45) is 0 Å². The molecule has 6 aromatic carbocycles. The Hall–Kier alpha value is -4.88. The second-order valence-corrected chi connectivity index (χ2v) is 19.0. The van der Waals surface area contributed by atoms with Crippen molar-refractivity contribution in [3.05, 3.63) is 161 Å². The van der Waals surface area contributed by atoms with Gasteiger partial charge in [0.2, 0.25) is 0 Å². The molecule has 1 fully saturated rings. The van der Waals surface area contributed by atoms with Gasteiger partial charge in [-0.15, -0.1) is 0 Å². The highest BCUT2D eigenvalue weighted by Crippen LogP contribution is 2.57. The summed E-state index contributed by atoms with van der Waals surface area (Å²) in [6.07, 6.45) is 6.35. The van der Waals surface area contributed by atoms with E-state index in [4.69, 9.17) is 0 Å². The summed E-state index contributed by atoms with van der Waals surface area (Å²) in [4.78, 5) is 2.57. The highest BCUT2D eigenvalue weighted by atomic mass is 15.1. The van der Waals surface area contributed by atoms with Crippen molar-refractivity contribution in [1.82, 2.24) is 0 Å². The molecule has 0 unspecified atom stereocenters. The molecule has 1 heteroatoms. The maximum Gasteiger partial charge on any atom is 0.0467 e. The molecule has 0 heterocycles. The largest absolute Gasteiger partial charge is 0.310 e. The first-order chi connectivity index (χ1) is 25.8. The van der Waals surface area contributed by atoms with Crippen LogP contribution in [0.1, 0.15) is 121 Å². The van der Waals surface area contributed by atoms with Crippen LogP contribution < -0.4 is 4.90 Å². The SMILES string of the molecule is CC(C)(C)c1cc(N(c2cccc(-c3cccc4c3C(C)(C)c3ccccc3-4)c2)c2ccc3c(c2)C2(CCCCC2)c2ccccc2-3)cc(C(C)(C)C)c1. The number of hydrogen-bond acceptors (Lipinski definition) is 1.